The van der Waals surface area contributed by atoms with Gasteiger partial charge < -0.3 is 10.2 Å². The highest BCUT2D eigenvalue weighted by molar-refractivity contribution is 14.1. The first-order valence-corrected chi connectivity index (χ1v) is 15.7. The number of nitrogens with one attached hydrogen (secondary N) is 1. The molecule has 39 heavy (non-hydrogen) atoms. The lowest BCUT2D eigenvalue weighted by molar-refractivity contribution is -0.139. The zero-order valence-corrected chi connectivity index (χ0v) is 25.0. The van der Waals surface area contributed by atoms with Crippen molar-refractivity contribution in [3.05, 3.63) is 94.1 Å². The molecule has 1 unspecified atom stereocenters. The minimum atomic E-state index is -4.05. The molecule has 0 aliphatic heterocycles. The fourth-order valence-electron chi connectivity index (χ4n) is 4.79. The van der Waals surface area contributed by atoms with Crippen LogP contribution in [-0.4, -0.2) is 43.8 Å². The number of anilines is 1. The topological polar surface area (TPSA) is 86.8 Å². The van der Waals surface area contributed by atoms with Crippen molar-refractivity contribution in [1.82, 2.24) is 10.2 Å². The van der Waals surface area contributed by atoms with Gasteiger partial charge in [-0.25, -0.2) is 8.42 Å². The Labute approximate surface area is 244 Å². The zero-order chi connectivity index (χ0) is 27.8. The summed E-state index contributed by atoms with van der Waals surface area (Å²) in [5.74, 6) is -0.680. The number of hydrogen-bond donors (Lipinski definition) is 1. The molecule has 0 bridgehead atoms. The molecule has 0 spiro atoms. The summed E-state index contributed by atoms with van der Waals surface area (Å²) in [7, 11) is -4.05. The lowest BCUT2D eigenvalue weighted by atomic mass is 9.95. The van der Waals surface area contributed by atoms with Gasteiger partial charge in [-0.1, -0.05) is 67.8 Å². The van der Waals surface area contributed by atoms with E-state index in [1.165, 1.54) is 23.5 Å². The van der Waals surface area contributed by atoms with E-state index in [9.17, 15) is 18.0 Å². The van der Waals surface area contributed by atoms with Crippen molar-refractivity contribution in [1.29, 1.82) is 0 Å². The summed E-state index contributed by atoms with van der Waals surface area (Å²) in [5, 5.41) is 3.12. The highest BCUT2D eigenvalue weighted by Gasteiger charge is 2.33. The molecule has 1 fully saturated rings. The van der Waals surface area contributed by atoms with E-state index < -0.39 is 28.5 Å². The smallest absolute Gasteiger partial charge is 0.264 e. The fourth-order valence-corrected chi connectivity index (χ4v) is 6.58. The molecular weight excluding hydrogens is 625 g/mol. The third-order valence-electron chi connectivity index (χ3n) is 7.04. The van der Waals surface area contributed by atoms with Crippen LogP contribution in [0.15, 0.2) is 89.8 Å². The van der Waals surface area contributed by atoms with Crippen LogP contribution in [-0.2, 0) is 26.2 Å². The molecular formula is C30H34IN3O4S. The van der Waals surface area contributed by atoms with Gasteiger partial charge in [0.2, 0.25) is 11.8 Å². The van der Waals surface area contributed by atoms with E-state index >= 15 is 0 Å². The van der Waals surface area contributed by atoms with Crippen LogP contribution in [0.25, 0.3) is 0 Å². The number of sulfonamides is 1. The summed E-state index contributed by atoms with van der Waals surface area (Å²) >= 11 is 2.15. The van der Waals surface area contributed by atoms with E-state index in [0.717, 1.165) is 39.1 Å². The SMILES string of the molecule is CC(C(=O)NC1CCCCC1)N(Cc1ccccc1)C(=O)CN(c1ccc(I)cc1)S(=O)(=O)c1ccccc1. The summed E-state index contributed by atoms with van der Waals surface area (Å²) in [6, 6.07) is 23.8. The molecule has 7 nitrogen and oxygen atoms in total. The van der Waals surface area contributed by atoms with Crippen molar-refractivity contribution < 1.29 is 18.0 Å². The standard InChI is InChI=1S/C30H34IN3O4S/c1-23(30(36)32-26-13-7-3-8-14-26)33(21-24-11-5-2-6-12-24)29(35)22-34(27-19-17-25(31)18-20-27)39(37,38)28-15-9-4-10-16-28/h2,4-6,9-12,15-20,23,26H,3,7-8,13-14,21-22H2,1H3,(H,32,36). The van der Waals surface area contributed by atoms with Crippen LogP contribution >= 0.6 is 22.6 Å². The number of halogens is 1. The molecule has 0 aromatic heterocycles. The normalized spacial score (nSPS) is 14.8. The maximum absolute atomic E-state index is 14.0. The Balaban J connectivity index is 1.64. The Morgan fingerprint density at radius 2 is 1.49 bits per heavy atom. The van der Waals surface area contributed by atoms with Gasteiger partial charge in [0.25, 0.3) is 10.0 Å². The summed E-state index contributed by atoms with van der Waals surface area (Å²) in [6.45, 7) is 1.45. The van der Waals surface area contributed by atoms with Gasteiger partial charge in [0, 0.05) is 16.2 Å². The Hall–Kier alpha value is -2.92. The molecule has 1 aliphatic carbocycles. The molecule has 4 rings (SSSR count). The molecule has 0 saturated heterocycles. The second-order valence-electron chi connectivity index (χ2n) is 9.83. The van der Waals surface area contributed by atoms with E-state index in [1.54, 1.807) is 49.4 Å². The Morgan fingerprint density at radius 1 is 0.897 bits per heavy atom. The van der Waals surface area contributed by atoms with Gasteiger partial charge in [0.15, 0.2) is 0 Å². The number of nitrogens with zero attached hydrogens (tertiary/aromatic N) is 2. The molecule has 9 heteroatoms. The highest BCUT2D eigenvalue weighted by atomic mass is 127. The summed E-state index contributed by atoms with van der Waals surface area (Å²) in [5.41, 5.74) is 1.24. The predicted molar refractivity (Wildman–Crippen MR) is 162 cm³/mol. The van der Waals surface area contributed by atoms with Gasteiger partial charge >= 0.3 is 0 Å². The number of amides is 2. The predicted octanol–water partition coefficient (Wildman–Crippen LogP) is 5.35. The molecule has 1 N–H and O–H groups in total. The number of carbonyl (C=O) groups is 2. The monoisotopic (exact) mass is 659 g/mol. The molecule has 0 heterocycles. The summed E-state index contributed by atoms with van der Waals surface area (Å²) in [6.07, 6.45) is 5.19. The van der Waals surface area contributed by atoms with Crippen molar-refractivity contribution in [2.75, 3.05) is 10.8 Å². The molecule has 3 aromatic carbocycles. The maximum Gasteiger partial charge on any atom is 0.264 e. The first-order valence-electron chi connectivity index (χ1n) is 13.2. The van der Waals surface area contributed by atoms with Crippen LogP contribution in [0.5, 0.6) is 0 Å². The van der Waals surface area contributed by atoms with Crippen molar-refractivity contribution >= 4 is 50.1 Å². The van der Waals surface area contributed by atoms with Gasteiger partial charge in [-0.2, -0.15) is 0 Å². The molecule has 3 aromatic rings. The fraction of sp³-hybridized carbons (Fsp3) is 0.333. The second kappa shape index (κ2) is 13.4. The van der Waals surface area contributed by atoms with E-state index in [2.05, 4.69) is 27.9 Å². The van der Waals surface area contributed by atoms with Crippen LogP contribution < -0.4 is 9.62 Å². The van der Waals surface area contributed by atoms with Crippen molar-refractivity contribution in [3.63, 3.8) is 0 Å². The zero-order valence-electron chi connectivity index (χ0n) is 22.0. The summed E-state index contributed by atoms with van der Waals surface area (Å²) in [4.78, 5) is 28.8. The highest BCUT2D eigenvalue weighted by Crippen LogP contribution is 2.25. The Morgan fingerprint density at radius 3 is 2.10 bits per heavy atom. The van der Waals surface area contributed by atoms with Crippen molar-refractivity contribution in [3.8, 4) is 0 Å². The third kappa shape index (κ3) is 7.60. The van der Waals surface area contributed by atoms with Crippen LogP contribution in [0.1, 0.15) is 44.6 Å². The van der Waals surface area contributed by atoms with E-state index in [0.29, 0.717) is 5.69 Å². The average molecular weight is 660 g/mol. The minimum absolute atomic E-state index is 0.0917. The largest absolute Gasteiger partial charge is 0.352 e. The van der Waals surface area contributed by atoms with Crippen LogP contribution in [0.4, 0.5) is 5.69 Å². The van der Waals surface area contributed by atoms with E-state index in [-0.39, 0.29) is 23.4 Å². The first-order chi connectivity index (χ1) is 18.8. The molecule has 1 atom stereocenters. The van der Waals surface area contributed by atoms with E-state index in [1.807, 2.05) is 30.3 Å². The maximum atomic E-state index is 14.0. The third-order valence-corrected chi connectivity index (χ3v) is 9.55. The second-order valence-corrected chi connectivity index (χ2v) is 12.9. The number of hydrogen-bond acceptors (Lipinski definition) is 4. The Bertz CT molecular complexity index is 1350. The molecule has 1 aliphatic rings. The number of benzene rings is 3. The number of rotatable bonds is 10. The van der Waals surface area contributed by atoms with Gasteiger partial charge in [0.05, 0.1) is 10.6 Å². The van der Waals surface area contributed by atoms with Gasteiger partial charge in [-0.05, 0) is 84.3 Å². The van der Waals surface area contributed by atoms with Gasteiger partial charge in [-0.15, -0.1) is 0 Å². The Kier molecular flexibility index (Phi) is 10.0. The average Bonchev–Trinajstić information content (AvgIpc) is 2.96. The lowest BCUT2D eigenvalue weighted by Gasteiger charge is -2.33. The van der Waals surface area contributed by atoms with Crippen molar-refractivity contribution in [2.45, 2.75) is 62.6 Å². The number of carbonyl (C=O) groups excluding carboxylic acids is 2. The van der Waals surface area contributed by atoms with Crippen LogP contribution in [0.2, 0.25) is 0 Å². The quantitative estimate of drug-likeness (QED) is 0.298. The van der Waals surface area contributed by atoms with Crippen LogP contribution in [0, 0.1) is 3.57 Å². The minimum Gasteiger partial charge on any atom is -0.352 e. The van der Waals surface area contributed by atoms with Gasteiger partial charge in [-0.3, -0.25) is 13.9 Å². The molecule has 0 radical (unpaired) electrons. The lowest BCUT2D eigenvalue weighted by Crippen LogP contribution is -2.53. The summed E-state index contributed by atoms with van der Waals surface area (Å²) < 4.78 is 29.6. The molecule has 1 saturated carbocycles. The van der Waals surface area contributed by atoms with Crippen LogP contribution in [0.3, 0.4) is 0 Å². The first kappa shape index (κ1) is 29.1. The van der Waals surface area contributed by atoms with Gasteiger partial charge in [0.1, 0.15) is 12.6 Å². The van der Waals surface area contributed by atoms with E-state index in [4.69, 9.17) is 0 Å². The van der Waals surface area contributed by atoms with Crippen molar-refractivity contribution in [2.24, 2.45) is 0 Å². The molecule has 2 amide bonds. The molecule has 206 valence electrons.